The first-order valence-electron chi connectivity index (χ1n) is 5.30. The summed E-state index contributed by atoms with van der Waals surface area (Å²) in [5.74, 6) is 5.99. The van der Waals surface area contributed by atoms with Gasteiger partial charge in [-0.1, -0.05) is 13.3 Å². The summed E-state index contributed by atoms with van der Waals surface area (Å²) < 4.78 is 1.20. The van der Waals surface area contributed by atoms with Crippen molar-refractivity contribution < 1.29 is 0 Å². The number of aliphatic imine (C=N–C) groups is 1. The Morgan fingerprint density at radius 1 is 1.38 bits per heavy atom. The molecule has 0 aliphatic carbocycles. The molecule has 0 radical (unpaired) electrons. The number of rotatable bonds is 4. The number of benzene rings is 1. The smallest absolute Gasteiger partial charge is 0.210 e. The Hall–Kier alpha value is -0.820. The lowest BCUT2D eigenvalue weighted by molar-refractivity contribution is 0.801. The molecular formula is C11H17IN4. The summed E-state index contributed by atoms with van der Waals surface area (Å²) in [5.41, 5.74) is 3.54. The topological polar surface area (TPSA) is 62.4 Å². The lowest BCUT2D eigenvalue weighted by Gasteiger charge is -2.08. The summed E-state index contributed by atoms with van der Waals surface area (Å²) in [4.78, 5) is 4.32. The van der Waals surface area contributed by atoms with Gasteiger partial charge < -0.3 is 5.32 Å². The molecule has 0 aliphatic heterocycles. The molecular weight excluding hydrogens is 315 g/mol. The van der Waals surface area contributed by atoms with Crippen molar-refractivity contribution in [1.82, 2.24) is 5.43 Å². The minimum absolute atomic E-state index is 0.606. The van der Waals surface area contributed by atoms with Crippen LogP contribution < -0.4 is 16.6 Å². The van der Waals surface area contributed by atoms with Crippen molar-refractivity contribution in [1.29, 1.82) is 0 Å². The Balaban J connectivity index is 2.55. The highest BCUT2D eigenvalue weighted by Gasteiger charge is 1.97. The number of hydrazine groups is 1. The van der Waals surface area contributed by atoms with Gasteiger partial charge in [-0.05, 0) is 53.3 Å². The van der Waals surface area contributed by atoms with Gasteiger partial charge in [0.2, 0.25) is 5.96 Å². The van der Waals surface area contributed by atoms with Crippen LogP contribution in [0, 0.1) is 3.57 Å². The zero-order valence-corrected chi connectivity index (χ0v) is 11.5. The molecule has 1 rings (SSSR count). The third-order valence-corrected chi connectivity index (χ3v) is 2.74. The van der Waals surface area contributed by atoms with Crippen molar-refractivity contribution in [3.63, 3.8) is 0 Å². The second kappa shape index (κ2) is 7.45. The van der Waals surface area contributed by atoms with E-state index in [0.29, 0.717) is 5.96 Å². The maximum Gasteiger partial charge on any atom is 0.210 e. The Morgan fingerprint density at radius 2 is 2.06 bits per heavy atom. The number of hydrogen-bond acceptors (Lipinski definition) is 2. The van der Waals surface area contributed by atoms with Crippen LogP contribution in [0.2, 0.25) is 0 Å². The fraction of sp³-hybridized carbons (Fsp3) is 0.364. The van der Waals surface area contributed by atoms with Gasteiger partial charge in [0, 0.05) is 15.8 Å². The van der Waals surface area contributed by atoms with E-state index < -0.39 is 0 Å². The first-order valence-corrected chi connectivity index (χ1v) is 6.37. The molecule has 5 heteroatoms. The fourth-order valence-corrected chi connectivity index (χ4v) is 1.50. The molecule has 4 nitrogen and oxygen atoms in total. The minimum atomic E-state index is 0.606. The van der Waals surface area contributed by atoms with Crippen LogP contribution in [0.15, 0.2) is 29.3 Å². The lowest BCUT2D eigenvalue weighted by Crippen LogP contribution is -2.36. The SMILES string of the molecule is CCCCN=C(NN)Nc1ccc(I)cc1. The van der Waals surface area contributed by atoms with Crippen LogP contribution >= 0.6 is 22.6 Å². The molecule has 0 saturated heterocycles. The number of nitrogens with two attached hydrogens (primary N) is 1. The first-order chi connectivity index (χ1) is 7.76. The van der Waals surface area contributed by atoms with Crippen molar-refractivity contribution in [2.45, 2.75) is 19.8 Å². The van der Waals surface area contributed by atoms with E-state index in [1.54, 1.807) is 0 Å². The summed E-state index contributed by atoms with van der Waals surface area (Å²) in [5, 5.41) is 3.13. The fourth-order valence-electron chi connectivity index (χ4n) is 1.14. The highest BCUT2D eigenvalue weighted by Crippen LogP contribution is 2.10. The van der Waals surface area contributed by atoms with Gasteiger partial charge in [-0.3, -0.25) is 10.4 Å². The number of halogens is 1. The van der Waals surface area contributed by atoms with E-state index in [2.05, 4.69) is 45.2 Å². The van der Waals surface area contributed by atoms with E-state index in [0.717, 1.165) is 25.1 Å². The molecule has 0 atom stereocenters. The van der Waals surface area contributed by atoms with Gasteiger partial charge in [0.05, 0.1) is 0 Å². The van der Waals surface area contributed by atoms with E-state index in [9.17, 15) is 0 Å². The quantitative estimate of drug-likeness (QED) is 0.198. The standard InChI is InChI=1S/C11H17IN4/c1-2-3-8-14-11(16-13)15-10-6-4-9(12)5-7-10/h4-7H,2-3,8,13H2,1H3,(H2,14,15,16). The molecule has 1 aromatic carbocycles. The number of hydrogen-bond donors (Lipinski definition) is 3. The van der Waals surface area contributed by atoms with E-state index in [-0.39, 0.29) is 0 Å². The third kappa shape index (κ3) is 4.80. The van der Waals surface area contributed by atoms with Gasteiger partial charge >= 0.3 is 0 Å². The molecule has 4 N–H and O–H groups in total. The van der Waals surface area contributed by atoms with Gasteiger partial charge in [0.1, 0.15) is 0 Å². The molecule has 1 aromatic rings. The third-order valence-electron chi connectivity index (χ3n) is 2.03. The number of nitrogens with one attached hydrogen (secondary N) is 2. The molecule has 16 heavy (non-hydrogen) atoms. The zero-order chi connectivity index (χ0) is 11.8. The van der Waals surface area contributed by atoms with E-state index in [4.69, 9.17) is 5.84 Å². The first kappa shape index (κ1) is 13.2. The monoisotopic (exact) mass is 332 g/mol. The Bertz CT molecular complexity index is 334. The predicted octanol–water partition coefficient (Wildman–Crippen LogP) is 2.32. The molecule has 0 aromatic heterocycles. The average molecular weight is 332 g/mol. The van der Waals surface area contributed by atoms with Crippen LogP contribution in [0.4, 0.5) is 5.69 Å². The largest absolute Gasteiger partial charge is 0.325 e. The molecule has 0 spiro atoms. The van der Waals surface area contributed by atoms with E-state index in [1.165, 1.54) is 3.57 Å². The minimum Gasteiger partial charge on any atom is -0.325 e. The normalized spacial score (nSPS) is 11.3. The number of anilines is 1. The van der Waals surface area contributed by atoms with Crippen LogP contribution in [0.3, 0.4) is 0 Å². The Morgan fingerprint density at radius 3 is 2.62 bits per heavy atom. The van der Waals surface area contributed by atoms with E-state index >= 15 is 0 Å². The van der Waals surface area contributed by atoms with Gasteiger partial charge in [0.15, 0.2) is 0 Å². The highest BCUT2D eigenvalue weighted by atomic mass is 127. The number of unbranched alkanes of at least 4 members (excludes halogenated alkanes) is 1. The van der Waals surface area contributed by atoms with Gasteiger partial charge in [-0.15, -0.1) is 0 Å². The van der Waals surface area contributed by atoms with Gasteiger partial charge in [0.25, 0.3) is 0 Å². The van der Waals surface area contributed by atoms with Crippen molar-refractivity contribution in [2.24, 2.45) is 10.8 Å². The van der Waals surface area contributed by atoms with Gasteiger partial charge in [-0.25, -0.2) is 5.84 Å². The summed E-state index contributed by atoms with van der Waals surface area (Å²) in [7, 11) is 0. The molecule has 0 unspecified atom stereocenters. The number of guanidine groups is 1. The van der Waals surface area contributed by atoms with Gasteiger partial charge in [-0.2, -0.15) is 0 Å². The maximum atomic E-state index is 5.39. The molecule has 88 valence electrons. The van der Waals surface area contributed by atoms with Crippen LogP contribution in [-0.2, 0) is 0 Å². The van der Waals surface area contributed by atoms with Crippen LogP contribution in [0.1, 0.15) is 19.8 Å². The predicted molar refractivity (Wildman–Crippen MR) is 77.3 cm³/mol. The maximum absolute atomic E-state index is 5.39. The molecule has 0 heterocycles. The second-order valence-electron chi connectivity index (χ2n) is 3.36. The van der Waals surface area contributed by atoms with Crippen LogP contribution in [0.25, 0.3) is 0 Å². The summed E-state index contributed by atoms with van der Waals surface area (Å²) in [6, 6.07) is 8.05. The summed E-state index contributed by atoms with van der Waals surface area (Å²) in [6.45, 7) is 2.92. The lowest BCUT2D eigenvalue weighted by atomic mass is 10.3. The van der Waals surface area contributed by atoms with Crippen molar-refractivity contribution >= 4 is 34.2 Å². The van der Waals surface area contributed by atoms with Crippen molar-refractivity contribution in [3.8, 4) is 0 Å². The Kier molecular flexibility index (Phi) is 6.17. The highest BCUT2D eigenvalue weighted by molar-refractivity contribution is 14.1. The molecule has 0 amide bonds. The van der Waals surface area contributed by atoms with Crippen molar-refractivity contribution in [2.75, 3.05) is 11.9 Å². The number of nitrogens with zero attached hydrogens (tertiary/aromatic N) is 1. The molecule has 0 fully saturated rings. The zero-order valence-electron chi connectivity index (χ0n) is 9.33. The van der Waals surface area contributed by atoms with Crippen LogP contribution in [-0.4, -0.2) is 12.5 Å². The van der Waals surface area contributed by atoms with Crippen LogP contribution in [0.5, 0.6) is 0 Å². The summed E-state index contributed by atoms with van der Waals surface area (Å²) in [6.07, 6.45) is 2.20. The Labute approximate surface area is 110 Å². The second-order valence-corrected chi connectivity index (χ2v) is 4.61. The summed E-state index contributed by atoms with van der Waals surface area (Å²) >= 11 is 2.27. The molecule has 0 bridgehead atoms. The molecule has 0 saturated carbocycles. The molecule has 0 aliphatic rings. The van der Waals surface area contributed by atoms with Crippen molar-refractivity contribution in [3.05, 3.63) is 27.8 Å². The van der Waals surface area contributed by atoms with E-state index in [1.807, 2.05) is 24.3 Å². The average Bonchev–Trinajstić information content (AvgIpc) is 2.31.